The van der Waals surface area contributed by atoms with Gasteiger partial charge in [-0.05, 0) is 19.8 Å². The zero-order chi connectivity index (χ0) is 9.26. The van der Waals surface area contributed by atoms with Gasteiger partial charge in [0.1, 0.15) is 12.4 Å². The third-order valence-corrected chi connectivity index (χ3v) is 2.75. The Kier molecular flexibility index (Phi) is 2.36. The summed E-state index contributed by atoms with van der Waals surface area (Å²) in [6, 6.07) is 0. The van der Waals surface area contributed by atoms with Crippen LogP contribution in [0.15, 0.2) is 4.42 Å². The fourth-order valence-corrected chi connectivity index (χ4v) is 2.11. The molecule has 1 heterocycles. The van der Waals surface area contributed by atoms with Gasteiger partial charge in [0.2, 0.25) is 5.89 Å². The number of hydrogen-bond acceptors (Lipinski definition) is 3. The molecule has 1 saturated carbocycles. The maximum atomic E-state index is 8.86. The Hall–Kier alpha value is -0.830. The van der Waals surface area contributed by atoms with E-state index in [1.165, 1.54) is 25.7 Å². The van der Waals surface area contributed by atoms with Crippen molar-refractivity contribution in [2.75, 3.05) is 0 Å². The maximum absolute atomic E-state index is 8.86. The van der Waals surface area contributed by atoms with Crippen LogP contribution < -0.4 is 0 Å². The van der Waals surface area contributed by atoms with Crippen molar-refractivity contribution in [2.45, 2.75) is 45.1 Å². The number of aliphatic hydroxyl groups excluding tert-OH is 1. The van der Waals surface area contributed by atoms with Crippen LogP contribution in [0.25, 0.3) is 0 Å². The standard InChI is InChI=1S/C10H15NO2/c1-7-10(8-4-2-3-5-8)11-9(6-12)13-7/h8,12H,2-6H2,1H3. The molecule has 0 unspecified atom stereocenters. The summed E-state index contributed by atoms with van der Waals surface area (Å²) in [5.74, 6) is 1.92. The minimum Gasteiger partial charge on any atom is -0.443 e. The van der Waals surface area contributed by atoms with Gasteiger partial charge < -0.3 is 9.52 Å². The van der Waals surface area contributed by atoms with Gasteiger partial charge in [-0.15, -0.1) is 0 Å². The normalized spacial score (nSPS) is 18.3. The molecule has 3 heteroatoms. The van der Waals surface area contributed by atoms with Gasteiger partial charge in [-0.3, -0.25) is 0 Å². The van der Waals surface area contributed by atoms with E-state index in [2.05, 4.69) is 4.98 Å². The van der Waals surface area contributed by atoms with Crippen molar-refractivity contribution in [3.63, 3.8) is 0 Å². The number of aromatic nitrogens is 1. The van der Waals surface area contributed by atoms with Crippen LogP contribution in [0.1, 0.15) is 48.9 Å². The number of hydrogen-bond donors (Lipinski definition) is 1. The number of oxazole rings is 1. The highest BCUT2D eigenvalue weighted by molar-refractivity contribution is 5.14. The summed E-state index contributed by atoms with van der Waals surface area (Å²) in [6.07, 6.45) is 5.04. The van der Waals surface area contributed by atoms with Crippen LogP contribution in [0.3, 0.4) is 0 Å². The van der Waals surface area contributed by atoms with Gasteiger partial charge in [0.15, 0.2) is 0 Å². The molecule has 13 heavy (non-hydrogen) atoms. The van der Waals surface area contributed by atoms with E-state index in [1.54, 1.807) is 0 Å². The molecule has 1 aliphatic rings. The van der Waals surface area contributed by atoms with E-state index in [0.29, 0.717) is 11.8 Å². The number of aliphatic hydroxyl groups is 1. The molecule has 0 amide bonds. The Morgan fingerprint density at radius 1 is 1.46 bits per heavy atom. The molecule has 2 rings (SSSR count). The molecule has 1 N–H and O–H groups in total. The van der Waals surface area contributed by atoms with Crippen LogP contribution >= 0.6 is 0 Å². The van der Waals surface area contributed by atoms with Crippen molar-refractivity contribution >= 4 is 0 Å². The van der Waals surface area contributed by atoms with E-state index < -0.39 is 0 Å². The van der Waals surface area contributed by atoms with Crippen LogP contribution in [-0.4, -0.2) is 10.1 Å². The fourth-order valence-electron chi connectivity index (χ4n) is 2.11. The Balaban J connectivity index is 2.22. The highest BCUT2D eigenvalue weighted by Crippen LogP contribution is 2.35. The summed E-state index contributed by atoms with van der Waals surface area (Å²) in [5.41, 5.74) is 1.07. The second-order valence-electron chi connectivity index (χ2n) is 3.69. The highest BCUT2D eigenvalue weighted by Gasteiger charge is 2.22. The summed E-state index contributed by atoms with van der Waals surface area (Å²) in [4.78, 5) is 4.29. The van der Waals surface area contributed by atoms with Gasteiger partial charge in [0.05, 0.1) is 5.69 Å². The van der Waals surface area contributed by atoms with Crippen LogP contribution in [0.4, 0.5) is 0 Å². The summed E-state index contributed by atoms with van der Waals surface area (Å²) >= 11 is 0. The lowest BCUT2D eigenvalue weighted by atomic mass is 10.0. The van der Waals surface area contributed by atoms with Gasteiger partial charge in [-0.1, -0.05) is 12.8 Å². The molecule has 0 bridgehead atoms. The number of aryl methyl sites for hydroxylation is 1. The minimum atomic E-state index is -0.0897. The van der Waals surface area contributed by atoms with E-state index >= 15 is 0 Å². The molecule has 3 nitrogen and oxygen atoms in total. The average Bonchev–Trinajstić information content (AvgIpc) is 2.72. The Labute approximate surface area is 77.8 Å². The largest absolute Gasteiger partial charge is 0.443 e. The van der Waals surface area contributed by atoms with E-state index in [4.69, 9.17) is 9.52 Å². The predicted octanol–water partition coefficient (Wildman–Crippen LogP) is 2.13. The van der Waals surface area contributed by atoms with Crippen molar-refractivity contribution in [3.05, 3.63) is 17.3 Å². The Morgan fingerprint density at radius 2 is 2.15 bits per heavy atom. The first kappa shape index (κ1) is 8.75. The SMILES string of the molecule is Cc1oc(CO)nc1C1CCCC1. The third kappa shape index (κ3) is 1.61. The summed E-state index contributed by atoms with van der Waals surface area (Å²) < 4.78 is 5.32. The molecular formula is C10H15NO2. The van der Waals surface area contributed by atoms with Gasteiger partial charge >= 0.3 is 0 Å². The number of rotatable bonds is 2. The molecule has 0 atom stereocenters. The molecule has 72 valence electrons. The van der Waals surface area contributed by atoms with E-state index in [-0.39, 0.29) is 6.61 Å². The van der Waals surface area contributed by atoms with Crippen molar-refractivity contribution in [1.29, 1.82) is 0 Å². The fraction of sp³-hybridized carbons (Fsp3) is 0.700. The highest BCUT2D eigenvalue weighted by atomic mass is 16.4. The second-order valence-corrected chi connectivity index (χ2v) is 3.69. The maximum Gasteiger partial charge on any atom is 0.220 e. The zero-order valence-electron chi connectivity index (χ0n) is 7.92. The van der Waals surface area contributed by atoms with Gasteiger partial charge in [-0.2, -0.15) is 0 Å². The first-order valence-electron chi connectivity index (χ1n) is 4.88. The topological polar surface area (TPSA) is 46.3 Å². The molecule has 0 spiro atoms. The van der Waals surface area contributed by atoms with Crippen molar-refractivity contribution in [1.82, 2.24) is 4.98 Å². The molecule has 0 radical (unpaired) electrons. The van der Waals surface area contributed by atoms with E-state index in [0.717, 1.165) is 11.5 Å². The summed E-state index contributed by atoms with van der Waals surface area (Å²) in [5, 5.41) is 8.86. The van der Waals surface area contributed by atoms with Crippen LogP contribution in [0.5, 0.6) is 0 Å². The minimum absolute atomic E-state index is 0.0897. The van der Waals surface area contributed by atoms with Gasteiger partial charge in [-0.25, -0.2) is 4.98 Å². The van der Waals surface area contributed by atoms with Crippen LogP contribution in [0.2, 0.25) is 0 Å². The van der Waals surface area contributed by atoms with Gasteiger partial charge in [0, 0.05) is 5.92 Å². The van der Waals surface area contributed by atoms with Gasteiger partial charge in [0.25, 0.3) is 0 Å². The number of nitrogens with zero attached hydrogens (tertiary/aromatic N) is 1. The summed E-state index contributed by atoms with van der Waals surface area (Å²) in [7, 11) is 0. The molecule has 0 aliphatic heterocycles. The second kappa shape index (κ2) is 3.50. The summed E-state index contributed by atoms with van der Waals surface area (Å²) in [6.45, 7) is 1.84. The Morgan fingerprint density at radius 3 is 2.69 bits per heavy atom. The van der Waals surface area contributed by atoms with Crippen molar-refractivity contribution < 1.29 is 9.52 Å². The molecule has 1 fully saturated rings. The van der Waals surface area contributed by atoms with Crippen LogP contribution in [-0.2, 0) is 6.61 Å². The molecule has 1 aromatic heterocycles. The molecule has 0 saturated heterocycles. The predicted molar refractivity (Wildman–Crippen MR) is 48.4 cm³/mol. The average molecular weight is 181 g/mol. The van der Waals surface area contributed by atoms with Crippen LogP contribution in [0, 0.1) is 6.92 Å². The lowest BCUT2D eigenvalue weighted by molar-refractivity contribution is 0.238. The first-order chi connectivity index (χ1) is 6.31. The van der Waals surface area contributed by atoms with E-state index in [1.807, 2.05) is 6.92 Å². The molecule has 0 aromatic carbocycles. The molecule has 1 aliphatic carbocycles. The lowest BCUT2D eigenvalue weighted by Crippen LogP contribution is -1.95. The van der Waals surface area contributed by atoms with Crippen molar-refractivity contribution in [3.8, 4) is 0 Å². The third-order valence-electron chi connectivity index (χ3n) is 2.75. The molecule has 1 aromatic rings. The van der Waals surface area contributed by atoms with Crippen molar-refractivity contribution in [2.24, 2.45) is 0 Å². The Bertz CT molecular complexity index is 287. The smallest absolute Gasteiger partial charge is 0.220 e. The quantitative estimate of drug-likeness (QED) is 0.760. The first-order valence-corrected chi connectivity index (χ1v) is 4.88. The lowest BCUT2D eigenvalue weighted by Gasteiger charge is -2.03. The monoisotopic (exact) mass is 181 g/mol. The molecular weight excluding hydrogens is 166 g/mol. The van der Waals surface area contributed by atoms with E-state index in [9.17, 15) is 0 Å². The zero-order valence-corrected chi connectivity index (χ0v) is 7.92.